The van der Waals surface area contributed by atoms with E-state index < -0.39 is 23.6 Å². The van der Waals surface area contributed by atoms with Crippen molar-refractivity contribution in [3.8, 4) is 0 Å². The molecule has 0 aromatic heterocycles. The largest absolute Gasteiger partial charge is 0.479 e. The molecule has 0 rings (SSSR count). The van der Waals surface area contributed by atoms with Crippen LogP contribution in [0.25, 0.3) is 0 Å². The Hall–Kier alpha value is -1.27. The average Bonchev–Trinajstić information content (AvgIpc) is 2.12. The third-order valence-electron chi connectivity index (χ3n) is 2.33. The lowest BCUT2D eigenvalue weighted by Crippen LogP contribution is -2.61. The van der Waals surface area contributed by atoms with E-state index in [0.717, 1.165) is 0 Å². The molecule has 0 aliphatic carbocycles. The Balaban J connectivity index is 4.69. The Morgan fingerprint density at radius 3 is 2.06 bits per heavy atom. The van der Waals surface area contributed by atoms with Crippen molar-refractivity contribution in [3.63, 3.8) is 0 Å². The summed E-state index contributed by atoms with van der Waals surface area (Å²) in [5.74, 6) is -2.88. The van der Waals surface area contributed by atoms with Crippen molar-refractivity contribution < 1.29 is 27.9 Å². The molecule has 2 N–H and O–H groups in total. The van der Waals surface area contributed by atoms with Crippen LogP contribution in [0.3, 0.4) is 0 Å². The molecule has 0 saturated carbocycles. The number of nitrogens with one attached hydrogen (secondary N) is 1. The quantitative estimate of drug-likeness (QED) is 0.789. The fourth-order valence-electron chi connectivity index (χ4n) is 1.01. The third kappa shape index (κ3) is 4.24. The van der Waals surface area contributed by atoms with Crippen LogP contribution >= 0.6 is 0 Å². The van der Waals surface area contributed by atoms with Crippen molar-refractivity contribution in [3.05, 3.63) is 0 Å². The molecule has 0 aromatic carbocycles. The maximum Gasteiger partial charge on any atom is 0.422 e. The molecule has 1 unspecified atom stereocenters. The van der Waals surface area contributed by atoms with Gasteiger partial charge in [0, 0.05) is 6.42 Å². The first kappa shape index (κ1) is 15.7. The van der Waals surface area contributed by atoms with Gasteiger partial charge in [0.1, 0.15) is 0 Å². The van der Waals surface area contributed by atoms with Crippen molar-refractivity contribution in [2.75, 3.05) is 0 Å². The van der Waals surface area contributed by atoms with Gasteiger partial charge in [0.25, 0.3) is 0 Å². The van der Waals surface area contributed by atoms with E-state index in [2.05, 4.69) is 0 Å². The lowest BCUT2D eigenvalue weighted by Gasteiger charge is -2.28. The molecule has 4 nitrogen and oxygen atoms in total. The topological polar surface area (TPSA) is 66.4 Å². The standard InChI is InChI=1S/C10H16F3NO3/c1-6(2)4-5-7(15)14-9(3,8(16)17)10(11,12)13/h6H,4-5H2,1-3H3,(H,14,15)(H,16,17). The molecule has 7 heteroatoms. The molecule has 17 heavy (non-hydrogen) atoms. The Kier molecular flexibility index (Phi) is 4.97. The first-order valence-corrected chi connectivity index (χ1v) is 5.12. The summed E-state index contributed by atoms with van der Waals surface area (Å²) < 4.78 is 37.6. The summed E-state index contributed by atoms with van der Waals surface area (Å²) in [4.78, 5) is 21.8. The Morgan fingerprint density at radius 2 is 1.76 bits per heavy atom. The van der Waals surface area contributed by atoms with Gasteiger partial charge in [0.2, 0.25) is 11.4 Å². The minimum atomic E-state index is -5.04. The van der Waals surface area contributed by atoms with Gasteiger partial charge in [-0.05, 0) is 19.3 Å². The first-order chi connectivity index (χ1) is 7.50. The highest BCUT2D eigenvalue weighted by Gasteiger charge is 2.58. The lowest BCUT2D eigenvalue weighted by molar-refractivity contribution is -0.207. The second kappa shape index (κ2) is 5.37. The smallest absolute Gasteiger partial charge is 0.422 e. The molecular weight excluding hydrogens is 239 g/mol. The van der Waals surface area contributed by atoms with E-state index in [1.54, 1.807) is 0 Å². The number of rotatable bonds is 5. The van der Waals surface area contributed by atoms with E-state index >= 15 is 0 Å². The van der Waals surface area contributed by atoms with E-state index in [1.165, 1.54) is 5.32 Å². The number of aliphatic carboxylic acids is 1. The minimum absolute atomic E-state index is 0.128. The van der Waals surface area contributed by atoms with Crippen molar-refractivity contribution in [1.29, 1.82) is 0 Å². The molecule has 0 spiro atoms. The van der Waals surface area contributed by atoms with Crippen molar-refractivity contribution in [1.82, 2.24) is 5.32 Å². The van der Waals surface area contributed by atoms with Crippen LogP contribution in [0.4, 0.5) is 13.2 Å². The van der Waals surface area contributed by atoms with Crippen LogP contribution < -0.4 is 5.32 Å². The summed E-state index contributed by atoms with van der Waals surface area (Å²) in [6.07, 6.45) is -4.76. The van der Waals surface area contributed by atoms with Crippen molar-refractivity contribution in [2.24, 2.45) is 5.92 Å². The number of carboxylic acid groups (broad SMARTS) is 1. The molecule has 1 amide bonds. The number of halogens is 3. The molecule has 0 aromatic rings. The fraction of sp³-hybridized carbons (Fsp3) is 0.800. The van der Waals surface area contributed by atoms with Gasteiger partial charge in [0.15, 0.2) is 0 Å². The van der Waals surface area contributed by atoms with Gasteiger partial charge in [-0.1, -0.05) is 13.8 Å². The Morgan fingerprint density at radius 1 is 1.29 bits per heavy atom. The fourth-order valence-corrected chi connectivity index (χ4v) is 1.01. The predicted octanol–water partition coefficient (Wildman–Crippen LogP) is 1.94. The van der Waals surface area contributed by atoms with E-state index in [0.29, 0.717) is 13.3 Å². The zero-order valence-electron chi connectivity index (χ0n) is 9.89. The normalized spacial score (nSPS) is 15.5. The first-order valence-electron chi connectivity index (χ1n) is 5.12. The summed E-state index contributed by atoms with van der Waals surface area (Å²) in [6.45, 7) is 4.06. The van der Waals surface area contributed by atoms with Crippen LogP contribution in [-0.2, 0) is 9.59 Å². The molecule has 0 saturated heterocycles. The number of hydrogen-bond acceptors (Lipinski definition) is 2. The molecule has 0 radical (unpaired) electrons. The van der Waals surface area contributed by atoms with Gasteiger partial charge < -0.3 is 10.4 Å². The highest BCUT2D eigenvalue weighted by Crippen LogP contribution is 2.30. The highest BCUT2D eigenvalue weighted by atomic mass is 19.4. The second-order valence-electron chi connectivity index (χ2n) is 4.41. The number of carbonyl (C=O) groups excluding carboxylic acids is 1. The summed E-state index contributed by atoms with van der Waals surface area (Å²) in [6, 6.07) is 0. The van der Waals surface area contributed by atoms with Crippen LogP contribution in [0.1, 0.15) is 33.6 Å². The van der Waals surface area contributed by atoms with Gasteiger partial charge in [-0.15, -0.1) is 0 Å². The van der Waals surface area contributed by atoms with Crippen LogP contribution in [0, 0.1) is 5.92 Å². The number of carboxylic acids is 1. The molecule has 100 valence electrons. The van der Waals surface area contributed by atoms with Gasteiger partial charge >= 0.3 is 12.1 Å². The lowest BCUT2D eigenvalue weighted by atomic mass is 10.0. The van der Waals surface area contributed by atoms with Crippen LogP contribution in [0.15, 0.2) is 0 Å². The molecule has 0 aliphatic rings. The monoisotopic (exact) mass is 255 g/mol. The van der Waals surface area contributed by atoms with E-state index in [4.69, 9.17) is 5.11 Å². The zero-order valence-corrected chi connectivity index (χ0v) is 9.89. The minimum Gasteiger partial charge on any atom is -0.479 e. The summed E-state index contributed by atoms with van der Waals surface area (Å²) in [5, 5.41) is 10.1. The molecule has 0 fully saturated rings. The summed E-state index contributed by atoms with van der Waals surface area (Å²) in [5.41, 5.74) is -3.24. The van der Waals surface area contributed by atoms with Crippen molar-refractivity contribution >= 4 is 11.9 Å². The predicted molar refractivity (Wildman–Crippen MR) is 54.3 cm³/mol. The maximum absolute atomic E-state index is 12.5. The maximum atomic E-state index is 12.5. The second-order valence-corrected chi connectivity index (χ2v) is 4.41. The van der Waals surface area contributed by atoms with Gasteiger partial charge in [-0.25, -0.2) is 4.79 Å². The highest BCUT2D eigenvalue weighted by molar-refractivity contribution is 5.87. The average molecular weight is 255 g/mol. The molecule has 0 bridgehead atoms. The van der Waals surface area contributed by atoms with E-state index in [-0.39, 0.29) is 12.3 Å². The SMILES string of the molecule is CC(C)CCC(=O)NC(C)(C(=O)O)C(F)(F)F. The molecule has 0 heterocycles. The molecular formula is C10H16F3NO3. The van der Waals surface area contributed by atoms with Crippen LogP contribution in [0.5, 0.6) is 0 Å². The molecule has 1 atom stereocenters. The van der Waals surface area contributed by atoms with Crippen molar-refractivity contribution in [2.45, 2.75) is 45.3 Å². The van der Waals surface area contributed by atoms with Gasteiger partial charge in [0.05, 0.1) is 0 Å². The number of hydrogen-bond donors (Lipinski definition) is 2. The number of alkyl halides is 3. The number of amides is 1. The van der Waals surface area contributed by atoms with Gasteiger partial charge in [-0.3, -0.25) is 4.79 Å². The van der Waals surface area contributed by atoms with Crippen LogP contribution in [-0.4, -0.2) is 28.7 Å². The number of carbonyl (C=O) groups is 2. The summed E-state index contributed by atoms with van der Waals surface area (Å²) >= 11 is 0. The van der Waals surface area contributed by atoms with Crippen LogP contribution in [0.2, 0.25) is 0 Å². The van der Waals surface area contributed by atoms with E-state index in [9.17, 15) is 22.8 Å². The zero-order chi connectivity index (χ0) is 13.9. The van der Waals surface area contributed by atoms with Gasteiger partial charge in [-0.2, -0.15) is 13.2 Å². The third-order valence-corrected chi connectivity index (χ3v) is 2.33. The Bertz CT molecular complexity index is 302. The summed E-state index contributed by atoms with van der Waals surface area (Å²) in [7, 11) is 0. The Labute approximate surface area is 97.2 Å². The van der Waals surface area contributed by atoms with E-state index in [1.807, 2.05) is 13.8 Å². The molecule has 0 aliphatic heterocycles.